The number of morpholine rings is 1. The molecule has 0 aliphatic carbocycles. The zero-order valence-corrected chi connectivity index (χ0v) is 13.4. The molecule has 2 aromatic heterocycles. The van der Waals surface area contributed by atoms with E-state index < -0.39 is 0 Å². The van der Waals surface area contributed by atoms with Crippen LogP contribution in [0.1, 0.15) is 28.2 Å². The van der Waals surface area contributed by atoms with Gasteiger partial charge in [0.05, 0.1) is 18.7 Å². The molecule has 0 N–H and O–H groups in total. The lowest BCUT2D eigenvalue weighted by Crippen LogP contribution is -2.42. The molecular weight excluding hydrogens is 314 g/mol. The van der Waals surface area contributed by atoms with Crippen molar-refractivity contribution >= 4 is 27.3 Å². The monoisotopic (exact) mass is 329 g/mol. The molecule has 3 aromatic rings. The number of rotatable bonds is 2. The van der Waals surface area contributed by atoms with Crippen LogP contribution >= 0.6 is 11.3 Å². The van der Waals surface area contributed by atoms with Crippen LogP contribution in [0.2, 0.25) is 0 Å². The molecular formula is C16H15N3O3S. The topological polar surface area (TPSA) is 68.5 Å². The van der Waals surface area contributed by atoms with Crippen molar-refractivity contribution in [1.82, 2.24) is 15.1 Å². The molecule has 23 heavy (non-hydrogen) atoms. The summed E-state index contributed by atoms with van der Waals surface area (Å²) in [7, 11) is 0. The lowest BCUT2D eigenvalue weighted by atomic mass is 10.1. The van der Waals surface area contributed by atoms with E-state index in [-0.39, 0.29) is 12.0 Å². The third-order valence-electron chi connectivity index (χ3n) is 3.88. The molecule has 6 nitrogen and oxygen atoms in total. The minimum Gasteiger partial charge on any atom is -0.423 e. The summed E-state index contributed by atoms with van der Waals surface area (Å²) in [5, 5.41) is 10.7. The quantitative estimate of drug-likeness (QED) is 0.723. The van der Waals surface area contributed by atoms with Gasteiger partial charge in [0.2, 0.25) is 11.8 Å². The molecule has 0 unspecified atom stereocenters. The van der Waals surface area contributed by atoms with Crippen LogP contribution in [-0.4, -0.2) is 40.7 Å². The Bertz CT molecular complexity index is 857. The SMILES string of the molecule is Cc1nnc([C@@H]2CN(C(=O)c3csc4ccccc34)CCO2)o1. The third kappa shape index (κ3) is 2.62. The van der Waals surface area contributed by atoms with Crippen molar-refractivity contribution in [3.8, 4) is 0 Å². The number of fused-ring (bicyclic) bond motifs is 1. The minimum atomic E-state index is -0.362. The fourth-order valence-corrected chi connectivity index (χ4v) is 3.67. The van der Waals surface area contributed by atoms with Gasteiger partial charge < -0.3 is 14.1 Å². The van der Waals surface area contributed by atoms with Crippen molar-refractivity contribution in [2.75, 3.05) is 19.7 Å². The average Bonchev–Trinajstić information content (AvgIpc) is 3.20. The van der Waals surface area contributed by atoms with E-state index in [1.807, 2.05) is 29.6 Å². The second kappa shape index (κ2) is 5.75. The van der Waals surface area contributed by atoms with Gasteiger partial charge in [-0.1, -0.05) is 18.2 Å². The van der Waals surface area contributed by atoms with E-state index in [0.29, 0.717) is 31.5 Å². The van der Waals surface area contributed by atoms with Crippen molar-refractivity contribution in [1.29, 1.82) is 0 Å². The number of amides is 1. The summed E-state index contributed by atoms with van der Waals surface area (Å²) < 4.78 is 12.2. The van der Waals surface area contributed by atoms with E-state index in [4.69, 9.17) is 9.15 Å². The predicted molar refractivity (Wildman–Crippen MR) is 85.5 cm³/mol. The summed E-state index contributed by atoms with van der Waals surface area (Å²) in [4.78, 5) is 14.7. The number of hydrogen-bond acceptors (Lipinski definition) is 6. The van der Waals surface area contributed by atoms with Gasteiger partial charge in [-0.05, 0) is 6.07 Å². The van der Waals surface area contributed by atoms with Gasteiger partial charge in [-0.3, -0.25) is 4.79 Å². The predicted octanol–water partition coefficient (Wildman–Crippen LogP) is 2.81. The molecule has 0 spiro atoms. The number of benzene rings is 1. The minimum absolute atomic E-state index is 0.0204. The molecule has 1 aromatic carbocycles. The summed E-state index contributed by atoms with van der Waals surface area (Å²) in [5.74, 6) is 0.943. The Morgan fingerprint density at radius 2 is 2.22 bits per heavy atom. The summed E-state index contributed by atoms with van der Waals surface area (Å²) >= 11 is 1.59. The largest absolute Gasteiger partial charge is 0.423 e. The van der Waals surface area contributed by atoms with Crippen molar-refractivity contribution in [3.63, 3.8) is 0 Å². The van der Waals surface area contributed by atoms with Crippen LogP contribution in [0.25, 0.3) is 10.1 Å². The fourth-order valence-electron chi connectivity index (χ4n) is 2.74. The highest BCUT2D eigenvalue weighted by atomic mass is 32.1. The molecule has 0 radical (unpaired) electrons. The number of ether oxygens (including phenoxy) is 1. The maximum Gasteiger partial charge on any atom is 0.255 e. The van der Waals surface area contributed by atoms with Gasteiger partial charge in [0.1, 0.15) is 0 Å². The molecule has 1 amide bonds. The highest BCUT2D eigenvalue weighted by Gasteiger charge is 2.30. The van der Waals surface area contributed by atoms with E-state index in [1.54, 1.807) is 23.2 Å². The summed E-state index contributed by atoms with van der Waals surface area (Å²) in [5.41, 5.74) is 0.743. The van der Waals surface area contributed by atoms with Gasteiger partial charge in [-0.2, -0.15) is 0 Å². The van der Waals surface area contributed by atoms with E-state index in [2.05, 4.69) is 10.2 Å². The Morgan fingerprint density at radius 3 is 3.04 bits per heavy atom. The van der Waals surface area contributed by atoms with Gasteiger partial charge in [0, 0.05) is 28.9 Å². The van der Waals surface area contributed by atoms with Gasteiger partial charge in [0.25, 0.3) is 5.91 Å². The van der Waals surface area contributed by atoms with Crippen LogP contribution in [-0.2, 0) is 4.74 Å². The number of carbonyl (C=O) groups is 1. The Balaban J connectivity index is 1.58. The van der Waals surface area contributed by atoms with Crippen molar-refractivity contribution in [2.24, 2.45) is 0 Å². The Hall–Kier alpha value is -2.25. The summed E-state index contributed by atoms with van der Waals surface area (Å²) in [6, 6.07) is 7.95. The van der Waals surface area contributed by atoms with Crippen molar-refractivity contribution in [2.45, 2.75) is 13.0 Å². The number of thiophene rings is 1. The van der Waals surface area contributed by atoms with E-state index >= 15 is 0 Å². The van der Waals surface area contributed by atoms with Crippen LogP contribution in [0.3, 0.4) is 0 Å². The first-order chi connectivity index (χ1) is 11.2. The first kappa shape index (κ1) is 14.3. The average molecular weight is 329 g/mol. The highest BCUT2D eigenvalue weighted by molar-refractivity contribution is 7.17. The van der Waals surface area contributed by atoms with E-state index in [9.17, 15) is 4.79 Å². The molecule has 1 saturated heterocycles. The van der Waals surface area contributed by atoms with E-state index in [0.717, 1.165) is 15.6 Å². The lowest BCUT2D eigenvalue weighted by Gasteiger charge is -2.31. The highest BCUT2D eigenvalue weighted by Crippen LogP contribution is 2.28. The molecule has 0 saturated carbocycles. The molecule has 4 rings (SSSR count). The normalized spacial score (nSPS) is 18.5. The van der Waals surface area contributed by atoms with Crippen LogP contribution < -0.4 is 0 Å². The maximum absolute atomic E-state index is 12.9. The Kier molecular flexibility index (Phi) is 3.59. The number of aryl methyl sites for hydroxylation is 1. The zero-order valence-electron chi connectivity index (χ0n) is 12.6. The zero-order chi connectivity index (χ0) is 15.8. The molecule has 0 bridgehead atoms. The Morgan fingerprint density at radius 1 is 1.35 bits per heavy atom. The lowest BCUT2D eigenvalue weighted by molar-refractivity contribution is -0.0348. The first-order valence-corrected chi connectivity index (χ1v) is 8.27. The summed E-state index contributed by atoms with van der Waals surface area (Å²) in [6.45, 7) is 3.18. The number of carbonyl (C=O) groups excluding carboxylic acids is 1. The van der Waals surface area contributed by atoms with Crippen LogP contribution in [0.5, 0.6) is 0 Å². The third-order valence-corrected chi connectivity index (χ3v) is 4.85. The molecule has 3 heterocycles. The number of nitrogens with zero attached hydrogens (tertiary/aromatic N) is 3. The van der Waals surface area contributed by atoms with Gasteiger partial charge in [-0.15, -0.1) is 21.5 Å². The van der Waals surface area contributed by atoms with Gasteiger partial charge in [-0.25, -0.2) is 0 Å². The molecule has 7 heteroatoms. The molecule has 1 aliphatic heterocycles. The summed E-state index contributed by atoms with van der Waals surface area (Å²) in [6.07, 6.45) is -0.362. The molecule has 1 fully saturated rings. The molecule has 118 valence electrons. The number of aromatic nitrogens is 2. The molecule has 1 atom stereocenters. The molecule has 1 aliphatic rings. The first-order valence-electron chi connectivity index (χ1n) is 7.39. The van der Waals surface area contributed by atoms with Crippen LogP contribution in [0.15, 0.2) is 34.1 Å². The van der Waals surface area contributed by atoms with Gasteiger partial charge >= 0.3 is 0 Å². The van der Waals surface area contributed by atoms with Gasteiger partial charge in [0.15, 0.2) is 6.10 Å². The van der Waals surface area contributed by atoms with Crippen molar-refractivity contribution < 1.29 is 13.9 Å². The maximum atomic E-state index is 12.9. The standard InChI is InChI=1S/C16H15N3O3S/c1-10-17-18-15(22-10)13-8-19(6-7-21-13)16(20)12-9-23-14-5-3-2-4-11(12)14/h2-5,9,13H,6-8H2,1H3/t13-/m0/s1. The van der Waals surface area contributed by atoms with Crippen LogP contribution in [0, 0.1) is 6.92 Å². The number of hydrogen-bond donors (Lipinski definition) is 0. The smallest absolute Gasteiger partial charge is 0.255 e. The van der Waals surface area contributed by atoms with E-state index in [1.165, 1.54) is 0 Å². The Labute approximate surface area is 136 Å². The van der Waals surface area contributed by atoms with Crippen molar-refractivity contribution in [3.05, 3.63) is 47.0 Å². The second-order valence-electron chi connectivity index (χ2n) is 5.42. The van der Waals surface area contributed by atoms with Crippen LogP contribution in [0.4, 0.5) is 0 Å². The second-order valence-corrected chi connectivity index (χ2v) is 6.33. The fraction of sp³-hybridized carbons (Fsp3) is 0.312.